The number of hydrogen-bond acceptors (Lipinski definition) is 1. The fourth-order valence-electron chi connectivity index (χ4n) is 1.13. The molecule has 0 fully saturated rings. The lowest BCUT2D eigenvalue weighted by Gasteiger charge is -2.16. The van der Waals surface area contributed by atoms with Crippen LogP contribution in [0.3, 0.4) is 0 Å². The van der Waals surface area contributed by atoms with E-state index in [1.807, 2.05) is 30.3 Å². The minimum absolute atomic E-state index is 0.791. The fourth-order valence-corrected chi connectivity index (χ4v) is 2.99. The molecule has 2 N–H and O–H groups in total. The highest BCUT2D eigenvalue weighted by molar-refractivity contribution is 8.14. The predicted molar refractivity (Wildman–Crippen MR) is 65.5 cm³/mol. The van der Waals surface area contributed by atoms with Crippen molar-refractivity contribution >= 4 is 23.5 Å². The Kier molecular flexibility index (Phi) is 4.76. The second-order valence-electron chi connectivity index (χ2n) is 3.17. The first kappa shape index (κ1) is 11.9. The van der Waals surface area contributed by atoms with E-state index in [0.29, 0.717) is 0 Å². The maximum Gasteiger partial charge on any atom is 0.156 e. The van der Waals surface area contributed by atoms with E-state index in [9.17, 15) is 4.89 Å². The van der Waals surface area contributed by atoms with Gasteiger partial charge in [0, 0.05) is 11.8 Å². The van der Waals surface area contributed by atoms with Gasteiger partial charge >= 0.3 is 0 Å². The van der Waals surface area contributed by atoms with Gasteiger partial charge in [0.15, 0.2) is 6.42 Å². The molecule has 0 spiro atoms. The van der Waals surface area contributed by atoms with Crippen LogP contribution in [0.1, 0.15) is 19.8 Å². The highest BCUT2D eigenvalue weighted by Gasteiger charge is 2.13. The van der Waals surface area contributed by atoms with Crippen LogP contribution in [0.4, 0.5) is 0 Å². The molecular formula is C10H16NOPS. The third kappa shape index (κ3) is 3.50. The molecule has 0 radical (unpaired) electrons. The second kappa shape index (κ2) is 5.62. The summed E-state index contributed by atoms with van der Waals surface area (Å²) < 4.78 is 0. The van der Waals surface area contributed by atoms with Crippen molar-refractivity contribution in [2.45, 2.75) is 19.8 Å². The topological polar surface area (TPSA) is 32.3 Å². The van der Waals surface area contributed by atoms with Crippen LogP contribution in [0.25, 0.3) is 0 Å². The molecular weight excluding hydrogens is 213 g/mol. The van der Waals surface area contributed by atoms with E-state index in [-0.39, 0.29) is 0 Å². The zero-order valence-corrected chi connectivity index (χ0v) is 10.0. The SMILES string of the molecule is CCCCNP(O)(=S)c1ccccc1. The Morgan fingerprint density at radius 3 is 2.57 bits per heavy atom. The van der Waals surface area contributed by atoms with Crippen LogP contribution in [-0.2, 0) is 11.8 Å². The molecule has 0 aliphatic carbocycles. The molecule has 0 aromatic heterocycles. The van der Waals surface area contributed by atoms with E-state index in [1.54, 1.807) is 0 Å². The van der Waals surface area contributed by atoms with Gasteiger partial charge in [-0.3, -0.25) is 5.09 Å². The molecule has 0 aliphatic heterocycles. The second-order valence-corrected chi connectivity index (χ2v) is 6.74. The fraction of sp³-hybridized carbons (Fsp3) is 0.400. The number of benzene rings is 1. The molecule has 0 saturated heterocycles. The third-order valence-electron chi connectivity index (χ3n) is 1.96. The summed E-state index contributed by atoms with van der Waals surface area (Å²) in [4.78, 5) is 10.0. The molecule has 1 aromatic rings. The molecule has 1 atom stereocenters. The lowest BCUT2D eigenvalue weighted by Crippen LogP contribution is -2.19. The van der Waals surface area contributed by atoms with Gasteiger partial charge in [-0.05, 0) is 18.2 Å². The Bertz CT molecular complexity index is 315. The van der Waals surface area contributed by atoms with E-state index < -0.39 is 6.42 Å². The first-order chi connectivity index (χ1) is 6.67. The maximum absolute atomic E-state index is 10.0. The summed E-state index contributed by atoms with van der Waals surface area (Å²) in [5.74, 6) is 0. The Morgan fingerprint density at radius 2 is 2.00 bits per heavy atom. The zero-order valence-electron chi connectivity index (χ0n) is 8.31. The van der Waals surface area contributed by atoms with Crippen LogP contribution < -0.4 is 10.4 Å². The highest BCUT2D eigenvalue weighted by atomic mass is 32.4. The zero-order chi connectivity index (χ0) is 10.4. The summed E-state index contributed by atoms with van der Waals surface area (Å²) in [5.41, 5.74) is 0. The average molecular weight is 229 g/mol. The third-order valence-corrected chi connectivity index (χ3v) is 4.63. The minimum Gasteiger partial charge on any atom is -0.351 e. The molecule has 14 heavy (non-hydrogen) atoms. The molecule has 4 heteroatoms. The van der Waals surface area contributed by atoms with Gasteiger partial charge < -0.3 is 4.89 Å². The summed E-state index contributed by atoms with van der Waals surface area (Å²) >= 11 is 5.18. The largest absolute Gasteiger partial charge is 0.351 e. The van der Waals surface area contributed by atoms with Crippen LogP contribution >= 0.6 is 6.42 Å². The number of hydrogen-bond donors (Lipinski definition) is 2. The van der Waals surface area contributed by atoms with Crippen LogP contribution in [0.15, 0.2) is 30.3 Å². The van der Waals surface area contributed by atoms with E-state index in [0.717, 1.165) is 24.7 Å². The van der Waals surface area contributed by atoms with Gasteiger partial charge in [-0.1, -0.05) is 43.7 Å². The van der Waals surface area contributed by atoms with Crippen molar-refractivity contribution < 1.29 is 4.89 Å². The van der Waals surface area contributed by atoms with Crippen LogP contribution in [0.2, 0.25) is 0 Å². The summed E-state index contributed by atoms with van der Waals surface area (Å²) in [6.45, 7) is 2.91. The summed E-state index contributed by atoms with van der Waals surface area (Å²) in [5, 5.41) is 3.90. The van der Waals surface area contributed by atoms with Gasteiger partial charge in [0.2, 0.25) is 0 Å². The quantitative estimate of drug-likeness (QED) is 0.598. The van der Waals surface area contributed by atoms with Gasteiger partial charge in [0.1, 0.15) is 0 Å². The van der Waals surface area contributed by atoms with Crippen LogP contribution in [0, 0.1) is 0 Å². The maximum atomic E-state index is 10.0. The number of nitrogens with one attached hydrogen (secondary N) is 1. The summed E-state index contributed by atoms with van der Waals surface area (Å²) in [6.07, 6.45) is -0.336. The Balaban J connectivity index is 2.62. The molecule has 1 aromatic carbocycles. The van der Waals surface area contributed by atoms with Gasteiger partial charge in [0.25, 0.3) is 0 Å². The van der Waals surface area contributed by atoms with E-state index in [1.165, 1.54) is 0 Å². The molecule has 1 rings (SSSR count). The van der Waals surface area contributed by atoms with E-state index >= 15 is 0 Å². The van der Waals surface area contributed by atoms with Crippen molar-refractivity contribution in [1.29, 1.82) is 0 Å². The Hall–Kier alpha value is -0.210. The van der Waals surface area contributed by atoms with Crippen molar-refractivity contribution in [3.05, 3.63) is 30.3 Å². The Morgan fingerprint density at radius 1 is 1.36 bits per heavy atom. The van der Waals surface area contributed by atoms with E-state index in [4.69, 9.17) is 11.8 Å². The van der Waals surface area contributed by atoms with Gasteiger partial charge in [-0.15, -0.1) is 0 Å². The van der Waals surface area contributed by atoms with Gasteiger partial charge in [-0.25, -0.2) is 0 Å². The lowest BCUT2D eigenvalue weighted by molar-refractivity contribution is 0.608. The minimum atomic E-state index is -2.49. The van der Waals surface area contributed by atoms with Crippen molar-refractivity contribution in [3.63, 3.8) is 0 Å². The molecule has 0 saturated carbocycles. The van der Waals surface area contributed by atoms with Gasteiger partial charge in [0.05, 0.1) is 0 Å². The molecule has 2 nitrogen and oxygen atoms in total. The van der Waals surface area contributed by atoms with Gasteiger partial charge in [-0.2, -0.15) is 0 Å². The monoisotopic (exact) mass is 229 g/mol. The Labute approximate surface area is 90.5 Å². The molecule has 0 amide bonds. The smallest absolute Gasteiger partial charge is 0.156 e. The van der Waals surface area contributed by atoms with Crippen LogP contribution in [0.5, 0.6) is 0 Å². The normalized spacial score (nSPS) is 15.0. The molecule has 0 bridgehead atoms. The van der Waals surface area contributed by atoms with E-state index in [2.05, 4.69) is 12.0 Å². The van der Waals surface area contributed by atoms with Crippen molar-refractivity contribution in [1.82, 2.24) is 5.09 Å². The summed E-state index contributed by atoms with van der Waals surface area (Å²) in [6, 6.07) is 9.46. The van der Waals surface area contributed by atoms with Crippen molar-refractivity contribution in [2.24, 2.45) is 0 Å². The molecule has 0 heterocycles. The van der Waals surface area contributed by atoms with Crippen molar-refractivity contribution in [2.75, 3.05) is 6.54 Å². The standard InChI is InChI=1S/C10H16NOPS/c1-2-3-9-11-13(12,14)10-7-5-4-6-8-10/h4-8H,2-3,9H2,1H3,(H2,11,12,14). The molecule has 1 unspecified atom stereocenters. The first-order valence-electron chi connectivity index (χ1n) is 4.80. The summed E-state index contributed by atoms with van der Waals surface area (Å²) in [7, 11) is 0. The number of unbranched alkanes of at least 4 members (excludes halogenated alkanes) is 1. The molecule has 78 valence electrons. The first-order valence-corrected chi connectivity index (χ1v) is 7.56. The lowest BCUT2D eigenvalue weighted by atomic mass is 10.3. The predicted octanol–water partition coefficient (Wildman–Crippen LogP) is 2.00. The van der Waals surface area contributed by atoms with Crippen LogP contribution in [-0.4, -0.2) is 11.4 Å². The highest BCUT2D eigenvalue weighted by Crippen LogP contribution is 2.33. The molecule has 0 aliphatic rings. The average Bonchev–Trinajstić information content (AvgIpc) is 2.19. The number of rotatable bonds is 5. The van der Waals surface area contributed by atoms with Crippen molar-refractivity contribution in [3.8, 4) is 0 Å².